The summed E-state index contributed by atoms with van der Waals surface area (Å²) in [7, 11) is 2.02. The number of likely N-dealkylation sites (tertiary alicyclic amines) is 1. The predicted molar refractivity (Wildman–Crippen MR) is 100 cm³/mol. The van der Waals surface area contributed by atoms with E-state index in [4.69, 9.17) is 5.73 Å². The number of carbonyl (C=O) groups excluding carboxylic acids is 1. The summed E-state index contributed by atoms with van der Waals surface area (Å²) >= 11 is 0. The molecule has 0 aliphatic carbocycles. The zero-order valence-electron chi connectivity index (χ0n) is 14.0. The first-order chi connectivity index (χ1) is 10.2. The highest BCUT2D eigenvalue weighted by Crippen LogP contribution is 2.25. The van der Waals surface area contributed by atoms with Gasteiger partial charge in [0.25, 0.3) is 0 Å². The first-order valence-corrected chi connectivity index (χ1v) is 7.91. The van der Waals surface area contributed by atoms with E-state index in [9.17, 15) is 4.79 Å². The third-order valence-corrected chi connectivity index (χ3v) is 4.55. The Morgan fingerprint density at radius 3 is 2.30 bits per heavy atom. The van der Waals surface area contributed by atoms with Gasteiger partial charge in [-0.2, -0.15) is 0 Å². The first-order valence-electron chi connectivity index (χ1n) is 7.91. The highest BCUT2D eigenvalue weighted by Gasteiger charge is 2.30. The molecule has 1 saturated heterocycles. The van der Waals surface area contributed by atoms with Gasteiger partial charge >= 0.3 is 0 Å². The number of rotatable bonds is 5. The summed E-state index contributed by atoms with van der Waals surface area (Å²) in [5, 5.41) is 0. The van der Waals surface area contributed by atoms with Gasteiger partial charge < -0.3 is 10.6 Å². The minimum atomic E-state index is -0.175. The molecule has 1 unspecified atom stereocenters. The molecule has 6 heteroatoms. The number of hydrogen-bond acceptors (Lipinski definition) is 3. The standard InChI is InChI=1S/C17H27N3O.2ClH/c1-3-19(2)16(15-7-5-4-6-8-15)17(21)20-11-9-14(13-18)10-12-20;;/h4-8,14,16H,3,9-13,18H2,1-2H3;2*1H. The third kappa shape index (κ3) is 5.64. The molecule has 0 saturated carbocycles. The van der Waals surface area contributed by atoms with E-state index in [1.54, 1.807) is 0 Å². The normalized spacial score (nSPS) is 16.4. The van der Waals surface area contributed by atoms with Crippen LogP contribution in [0, 0.1) is 5.92 Å². The largest absolute Gasteiger partial charge is 0.341 e. The Bertz CT molecular complexity index is 450. The van der Waals surface area contributed by atoms with Crippen LogP contribution in [0.1, 0.15) is 31.4 Å². The molecule has 0 aromatic heterocycles. The zero-order valence-corrected chi connectivity index (χ0v) is 15.6. The minimum Gasteiger partial charge on any atom is -0.341 e. The number of piperidine rings is 1. The molecule has 132 valence electrons. The highest BCUT2D eigenvalue weighted by atomic mass is 35.5. The van der Waals surface area contributed by atoms with Gasteiger partial charge in [0.1, 0.15) is 6.04 Å². The Morgan fingerprint density at radius 1 is 1.26 bits per heavy atom. The molecule has 1 aromatic carbocycles. The lowest BCUT2D eigenvalue weighted by Crippen LogP contribution is -2.46. The van der Waals surface area contributed by atoms with E-state index >= 15 is 0 Å². The molecule has 1 aliphatic rings. The molecule has 1 aromatic rings. The Hall–Kier alpha value is -0.810. The minimum absolute atomic E-state index is 0. The van der Waals surface area contributed by atoms with Gasteiger partial charge in [-0.05, 0) is 44.5 Å². The summed E-state index contributed by atoms with van der Waals surface area (Å²) in [6.07, 6.45) is 2.05. The molecule has 1 heterocycles. The quantitative estimate of drug-likeness (QED) is 0.876. The maximum atomic E-state index is 12.9. The Morgan fingerprint density at radius 2 is 1.83 bits per heavy atom. The maximum Gasteiger partial charge on any atom is 0.244 e. The van der Waals surface area contributed by atoms with Crippen LogP contribution < -0.4 is 5.73 Å². The fraction of sp³-hybridized carbons (Fsp3) is 0.588. The van der Waals surface area contributed by atoms with Gasteiger partial charge in [-0.1, -0.05) is 37.3 Å². The molecule has 0 spiro atoms. The third-order valence-electron chi connectivity index (χ3n) is 4.55. The molecule has 1 fully saturated rings. The van der Waals surface area contributed by atoms with Crippen molar-refractivity contribution in [3.63, 3.8) is 0 Å². The summed E-state index contributed by atoms with van der Waals surface area (Å²) in [6.45, 7) is 5.34. The average molecular weight is 362 g/mol. The van der Waals surface area contributed by atoms with Crippen molar-refractivity contribution in [2.45, 2.75) is 25.8 Å². The van der Waals surface area contributed by atoms with E-state index < -0.39 is 0 Å². The number of nitrogens with two attached hydrogens (primary N) is 1. The van der Waals surface area contributed by atoms with Crippen molar-refractivity contribution in [1.82, 2.24) is 9.80 Å². The molecule has 1 atom stereocenters. The molecule has 1 amide bonds. The van der Waals surface area contributed by atoms with E-state index in [1.165, 1.54) is 0 Å². The fourth-order valence-corrected chi connectivity index (χ4v) is 2.97. The van der Waals surface area contributed by atoms with Crippen LogP contribution in [0.4, 0.5) is 0 Å². The first kappa shape index (κ1) is 22.2. The molecule has 4 nitrogen and oxygen atoms in total. The maximum absolute atomic E-state index is 12.9. The van der Waals surface area contributed by atoms with E-state index in [1.807, 2.05) is 42.3 Å². The van der Waals surface area contributed by atoms with Crippen molar-refractivity contribution in [1.29, 1.82) is 0 Å². The smallest absolute Gasteiger partial charge is 0.244 e. The second-order valence-electron chi connectivity index (χ2n) is 5.89. The van der Waals surface area contributed by atoms with Crippen LogP contribution in [0.2, 0.25) is 0 Å². The van der Waals surface area contributed by atoms with Crippen LogP contribution >= 0.6 is 24.8 Å². The van der Waals surface area contributed by atoms with Gasteiger partial charge in [0.05, 0.1) is 0 Å². The van der Waals surface area contributed by atoms with Crippen molar-refractivity contribution in [3.05, 3.63) is 35.9 Å². The second kappa shape index (κ2) is 10.9. The number of likely N-dealkylation sites (N-methyl/N-ethyl adjacent to an activating group) is 1. The molecular formula is C17H29Cl2N3O. The number of amides is 1. The lowest BCUT2D eigenvalue weighted by atomic mass is 9.95. The van der Waals surface area contributed by atoms with Crippen molar-refractivity contribution < 1.29 is 4.79 Å². The number of nitrogens with zero attached hydrogens (tertiary/aromatic N) is 2. The molecule has 0 bridgehead atoms. The van der Waals surface area contributed by atoms with Gasteiger partial charge in [-0.25, -0.2) is 0 Å². The molecular weight excluding hydrogens is 333 g/mol. The van der Waals surface area contributed by atoms with Crippen LogP contribution in [-0.4, -0.2) is 48.9 Å². The van der Waals surface area contributed by atoms with E-state index in [2.05, 4.69) is 11.8 Å². The summed E-state index contributed by atoms with van der Waals surface area (Å²) in [6, 6.07) is 9.90. The molecule has 2 N–H and O–H groups in total. The Kier molecular flexibility index (Phi) is 10.5. The zero-order chi connectivity index (χ0) is 15.2. The topological polar surface area (TPSA) is 49.6 Å². The predicted octanol–water partition coefficient (Wildman–Crippen LogP) is 2.72. The van der Waals surface area contributed by atoms with Gasteiger partial charge in [0, 0.05) is 13.1 Å². The van der Waals surface area contributed by atoms with Gasteiger partial charge in [0.2, 0.25) is 5.91 Å². The van der Waals surface area contributed by atoms with Crippen LogP contribution in [-0.2, 0) is 4.79 Å². The number of hydrogen-bond donors (Lipinski definition) is 1. The van der Waals surface area contributed by atoms with Gasteiger partial charge in [-0.3, -0.25) is 9.69 Å². The Balaban J connectivity index is 0.00000242. The lowest BCUT2D eigenvalue weighted by Gasteiger charge is -2.36. The number of halogens is 2. The van der Waals surface area contributed by atoms with Crippen LogP contribution in [0.15, 0.2) is 30.3 Å². The lowest BCUT2D eigenvalue weighted by molar-refractivity contribution is -0.138. The Labute approximate surface area is 152 Å². The summed E-state index contributed by atoms with van der Waals surface area (Å²) in [5.41, 5.74) is 6.81. The summed E-state index contributed by atoms with van der Waals surface area (Å²) < 4.78 is 0. The van der Waals surface area contributed by atoms with Crippen molar-refractivity contribution in [2.24, 2.45) is 11.7 Å². The van der Waals surface area contributed by atoms with E-state index in [-0.39, 0.29) is 36.8 Å². The molecule has 0 radical (unpaired) electrons. The molecule has 2 rings (SSSR count). The highest BCUT2D eigenvalue weighted by molar-refractivity contribution is 5.85. The van der Waals surface area contributed by atoms with Crippen molar-refractivity contribution in [2.75, 3.05) is 33.2 Å². The van der Waals surface area contributed by atoms with E-state index in [0.29, 0.717) is 5.92 Å². The van der Waals surface area contributed by atoms with Gasteiger partial charge in [-0.15, -0.1) is 24.8 Å². The van der Waals surface area contributed by atoms with Crippen molar-refractivity contribution >= 4 is 30.7 Å². The molecule has 1 aliphatic heterocycles. The van der Waals surface area contributed by atoms with Crippen LogP contribution in [0.3, 0.4) is 0 Å². The van der Waals surface area contributed by atoms with Crippen LogP contribution in [0.25, 0.3) is 0 Å². The number of carbonyl (C=O) groups is 1. The summed E-state index contributed by atoms with van der Waals surface area (Å²) in [4.78, 5) is 17.1. The average Bonchev–Trinajstić information content (AvgIpc) is 2.55. The summed E-state index contributed by atoms with van der Waals surface area (Å²) in [5.74, 6) is 0.800. The second-order valence-corrected chi connectivity index (χ2v) is 5.89. The monoisotopic (exact) mass is 361 g/mol. The van der Waals surface area contributed by atoms with Crippen molar-refractivity contribution in [3.8, 4) is 0 Å². The van der Waals surface area contributed by atoms with Crippen LogP contribution in [0.5, 0.6) is 0 Å². The van der Waals surface area contributed by atoms with Gasteiger partial charge in [0.15, 0.2) is 0 Å². The van der Waals surface area contributed by atoms with E-state index in [0.717, 1.165) is 44.6 Å². The SMILES string of the molecule is CCN(C)C(C(=O)N1CCC(CN)CC1)c1ccccc1.Cl.Cl. The fourth-order valence-electron chi connectivity index (χ4n) is 2.97. The number of benzene rings is 1. The molecule has 23 heavy (non-hydrogen) atoms.